The van der Waals surface area contributed by atoms with Gasteiger partial charge in [0.25, 0.3) is 5.91 Å². The van der Waals surface area contributed by atoms with Gasteiger partial charge in [0.15, 0.2) is 0 Å². The average Bonchev–Trinajstić information content (AvgIpc) is 2.67. The van der Waals surface area contributed by atoms with E-state index in [2.05, 4.69) is 32.0 Å². The Labute approximate surface area is 85.3 Å². The van der Waals surface area contributed by atoms with Crippen LogP contribution in [0.5, 0.6) is 0 Å². The molecule has 70 valence electrons. The number of amides is 1. The highest BCUT2D eigenvalue weighted by Gasteiger charge is 2.58. The quantitative estimate of drug-likeness (QED) is 0.718. The smallest absolute Gasteiger partial charge is 0.296 e. The van der Waals surface area contributed by atoms with Crippen molar-refractivity contribution >= 4 is 21.8 Å². The second-order valence-electron chi connectivity index (χ2n) is 3.68. The largest absolute Gasteiger partial charge is 0.380 e. The minimum Gasteiger partial charge on any atom is -0.380 e. The van der Waals surface area contributed by atoms with Crippen LogP contribution in [0.25, 0.3) is 0 Å². The van der Waals surface area contributed by atoms with E-state index in [1.807, 2.05) is 0 Å². The lowest BCUT2D eigenvalue weighted by atomic mass is 10.1. The third-order valence-corrected chi connectivity index (χ3v) is 3.03. The molecule has 13 heavy (non-hydrogen) atoms. The standard InChI is InChI=1S/C9H10BrNO2/c10-2-1-8(12)11-5-9-3-7(9)4-13-6-9/h7H,3-6H2,(H,11,12). The molecule has 2 rings (SSSR count). The van der Waals surface area contributed by atoms with E-state index < -0.39 is 0 Å². The van der Waals surface area contributed by atoms with Crippen molar-refractivity contribution in [2.75, 3.05) is 19.8 Å². The van der Waals surface area contributed by atoms with E-state index in [0.717, 1.165) is 13.2 Å². The van der Waals surface area contributed by atoms with Crippen LogP contribution in [-0.2, 0) is 9.53 Å². The number of halogens is 1. The molecule has 4 heteroatoms. The molecule has 0 aromatic carbocycles. The zero-order valence-electron chi connectivity index (χ0n) is 7.10. The number of ether oxygens (including phenoxy) is 1. The van der Waals surface area contributed by atoms with Gasteiger partial charge >= 0.3 is 0 Å². The zero-order chi connectivity index (χ0) is 9.31. The Hall–Kier alpha value is -0.530. The molecule has 1 saturated carbocycles. The predicted molar refractivity (Wildman–Crippen MR) is 51.1 cm³/mol. The molecule has 0 aromatic rings. The van der Waals surface area contributed by atoms with Gasteiger partial charge in [-0.25, -0.2) is 0 Å². The second kappa shape index (κ2) is 3.32. The normalized spacial score (nSPS) is 34.4. The van der Waals surface area contributed by atoms with Crippen LogP contribution in [0.2, 0.25) is 0 Å². The number of carbonyl (C=O) groups excluding carboxylic acids is 1. The number of fused-ring (bicyclic) bond motifs is 1. The molecule has 3 nitrogen and oxygen atoms in total. The van der Waals surface area contributed by atoms with E-state index in [-0.39, 0.29) is 11.3 Å². The maximum atomic E-state index is 11.0. The summed E-state index contributed by atoms with van der Waals surface area (Å²) in [5.41, 5.74) is 0.254. The van der Waals surface area contributed by atoms with Crippen molar-refractivity contribution in [2.45, 2.75) is 6.42 Å². The van der Waals surface area contributed by atoms with Crippen molar-refractivity contribution < 1.29 is 9.53 Å². The van der Waals surface area contributed by atoms with Crippen molar-refractivity contribution in [3.8, 4) is 10.8 Å². The maximum Gasteiger partial charge on any atom is 0.296 e. The van der Waals surface area contributed by atoms with E-state index in [1.54, 1.807) is 0 Å². The number of hydrogen-bond donors (Lipinski definition) is 1. The monoisotopic (exact) mass is 243 g/mol. The summed E-state index contributed by atoms with van der Waals surface area (Å²) in [5.74, 6) is 2.83. The van der Waals surface area contributed by atoms with Crippen LogP contribution < -0.4 is 5.32 Å². The van der Waals surface area contributed by atoms with Crippen molar-refractivity contribution in [1.82, 2.24) is 5.32 Å². The molecule has 2 unspecified atom stereocenters. The molecular formula is C9H10BrNO2. The first-order chi connectivity index (χ1) is 6.27. The number of carbonyl (C=O) groups is 1. The molecule has 1 saturated heterocycles. The summed E-state index contributed by atoms with van der Waals surface area (Å²) in [6.45, 7) is 2.36. The zero-order valence-corrected chi connectivity index (χ0v) is 8.69. The molecule has 0 radical (unpaired) electrons. The molecule has 2 aliphatic rings. The van der Waals surface area contributed by atoms with Crippen molar-refractivity contribution in [3.05, 3.63) is 0 Å². The highest BCUT2D eigenvalue weighted by atomic mass is 79.9. The minimum atomic E-state index is -0.219. The summed E-state index contributed by atoms with van der Waals surface area (Å²) in [4.78, 5) is 13.4. The average molecular weight is 244 g/mol. The summed E-state index contributed by atoms with van der Waals surface area (Å²) in [6.07, 6.45) is 1.19. The number of rotatable bonds is 2. The van der Waals surface area contributed by atoms with Gasteiger partial charge in [-0.2, -0.15) is 0 Å². The van der Waals surface area contributed by atoms with E-state index in [1.165, 1.54) is 6.42 Å². The minimum absolute atomic E-state index is 0.219. The van der Waals surface area contributed by atoms with Crippen molar-refractivity contribution in [2.24, 2.45) is 11.3 Å². The summed E-state index contributed by atoms with van der Waals surface area (Å²) < 4.78 is 5.31. The summed E-state index contributed by atoms with van der Waals surface area (Å²) in [7, 11) is 0. The lowest BCUT2D eigenvalue weighted by molar-refractivity contribution is -0.115. The Morgan fingerprint density at radius 1 is 1.77 bits per heavy atom. The van der Waals surface area contributed by atoms with Gasteiger partial charge in [0.2, 0.25) is 0 Å². The predicted octanol–water partition coefficient (Wildman–Crippen LogP) is 0.495. The lowest BCUT2D eigenvalue weighted by Crippen LogP contribution is -2.30. The fraction of sp³-hybridized carbons (Fsp3) is 0.667. The third kappa shape index (κ3) is 1.72. The molecule has 1 amide bonds. The fourth-order valence-corrected chi connectivity index (χ4v) is 2.04. The van der Waals surface area contributed by atoms with Crippen LogP contribution in [0, 0.1) is 22.1 Å². The molecule has 1 aliphatic heterocycles. The first-order valence-corrected chi connectivity index (χ1v) is 5.03. The second-order valence-corrected chi connectivity index (χ2v) is 4.08. The van der Waals surface area contributed by atoms with Gasteiger partial charge in [-0.15, -0.1) is 0 Å². The first-order valence-electron chi connectivity index (χ1n) is 4.24. The Bertz CT molecular complexity index is 294. The van der Waals surface area contributed by atoms with Crippen LogP contribution in [0.3, 0.4) is 0 Å². The highest BCUT2D eigenvalue weighted by Crippen LogP contribution is 2.56. The van der Waals surface area contributed by atoms with Gasteiger partial charge in [0.1, 0.15) is 0 Å². The van der Waals surface area contributed by atoms with Crippen molar-refractivity contribution in [1.29, 1.82) is 0 Å². The number of nitrogens with one attached hydrogen (secondary N) is 1. The third-order valence-electron chi connectivity index (χ3n) is 2.83. The maximum absolute atomic E-state index is 11.0. The van der Waals surface area contributed by atoms with Gasteiger partial charge in [-0.1, -0.05) is 0 Å². The molecule has 2 fully saturated rings. The van der Waals surface area contributed by atoms with Crippen LogP contribution in [0.4, 0.5) is 0 Å². The van der Waals surface area contributed by atoms with Crippen molar-refractivity contribution in [3.63, 3.8) is 0 Å². The molecular weight excluding hydrogens is 234 g/mol. The Balaban J connectivity index is 1.79. The van der Waals surface area contributed by atoms with Gasteiger partial charge in [0.05, 0.1) is 13.2 Å². The topological polar surface area (TPSA) is 38.3 Å². The summed E-state index contributed by atoms with van der Waals surface area (Å²) in [5, 5.41) is 2.79. The van der Waals surface area contributed by atoms with E-state index in [9.17, 15) is 4.79 Å². The molecule has 1 N–H and O–H groups in total. The Morgan fingerprint density at radius 2 is 2.62 bits per heavy atom. The van der Waals surface area contributed by atoms with Crippen LogP contribution >= 0.6 is 15.9 Å². The fourth-order valence-electron chi connectivity index (χ4n) is 1.86. The van der Waals surface area contributed by atoms with E-state index in [4.69, 9.17) is 4.74 Å². The molecule has 0 spiro atoms. The highest BCUT2D eigenvalue weighted by molar-refractivity contribution is 9.12. The Kier molecular flexibility index (Phi) is 2.31. The van der Waals surface area contributed by atoms with Crippen LogP contribution in [0.1, 0.15) is 6.42 Å². The summed E-state index contributed by atoms with van der Waals surface area (Å²) in [6, 6.07) is 0. The number of hydrogen-bond acceptors (Lipinski definition) is 2. The first kappa shape index (κ1) is 9.04. The lowest BCUT2D eigenvalue weighted by Gasteiger charge is -2.09. The van der Waals surface area contributed by atoms with E-state index in [0.29, 0.717) is 12.5 Å². The molecule has 0 bridgehead atoms. The van der Waals surface area contributed by atoms with Gasteiger partial charge < -0.3 is 10.1 Å². The molecule has 0 aromatic heterocycles. The van der Waals surface area contributed by atoms with Crippen LogP contribution in [0.15, 0.2) is 0 Å². The van der Waals surface area contributed by atoms with E-state index >= 15 is 0 Å². The SMILES string of the molecule is O=C(C#CBr)NCC12COCC1C2. The van der Waals surface area contributed by atoms with Gasteiger partial charge in [0, 0.05) is 33.8 Å². The Morgan fingerprint density at radius 3 is 3.15 bits per heavy atom. The van der Waals surface area contributed by atoms with Gasteiger partial charge in [-0.3, -0.25) is 4.79 Å². The molecule has 1 aliphatic carbocycles. The summed E-state index contributed by atoms with van der Waals surface area (Å²) >= 11 is 2.88. The van der Waals surface area contributed by atoms with Crippen LogP contribution in [-0.4, -0.2) is 25.7 Å². The molecule has 2 atom stereocenters. The van der Waals surface area contributed by atoms with Gasteiger partial charge in [-0.05, 0) is 17.2 Å². The molecule has 1 heterocycles.